The van der Waals surface area contributed by atoms with Crippen LogP contribution in [-0.4, -0.2) is 43.2 Å². The third-order valence-corrected chi connectivity index (χ3v) is 3.26. The third kappa shape index (κ3) is 6.50. The van der Waals surface area contributed by atoms with E-state index in [0.717, 1.165) is 25.1 Å². The molecule has 0 aliphatic rings. The van der Waals surface area contributed by atoms with Gasteiger partial charge in [0.2, 0.25) is 0 Å². The van der Waals surface area contributed by atoms with Crippen LogP contribution in [0.5, 0.6) is 0 Å². The summed E-state index contributed by atoms with van der Waals surface area (Å²) in [4.78, 5) is 2.07. The van der Waals surface area contributed by atoms with Crippen LogP contribution in [0.3, 0.4) is 0 Å². The Morgan fingerprint density at radius 1 is 1.24 bits per heavy atom. The van der Waals surface area contributed by atoms with E-state index in [1.54, 1.807) is 0 Å². The largest absolute Gasteiger partial charge is 0.387 e. The van der Waals surface area contributed by atoms with Gasteiger partial charge in [-0.1, -0.05) is 19.9 Å². The molecule has 2 N–H and O–H groups in total. The summed E-state index contributed by atoms with van der Waals surface area (Å²) in [6, 6.07) is 3.47. The summed E-state index contributed by atoms with van der Waals surface area (Å²) in [5.41, 5.74) is 0.122. The first-order chi connectivity index (χ1) is 9.79. The zero-order valence-corrected chi connectivity index (χ0v) is 13.2. The predicted octanol–water partition coefficient (Wildman–Crippen LogP) is 2.56. The Balaban J connectivity index is 2.61. The molecule has 1 aromatic carbocycles. The molecule has 0 aliphatic carbocycles. The molecule has 21 heavy (non-hydrogen) atoms. The van der Waals surface area contributed by atoms with E-state index in [4.69, 9.17) is 0 Å². The zero-order valence-electron chi connectivity index (χ0n) is 13.2. The molecule has 0 heterocycles. The van der Waals surface area contributed by atoms with E-state index >= 15 is 0 Å². The summed E-state index contributed by atoms with van der Waals surface area (Å²) in [7, 11) is 3.98. The summed E-state index contributed by atoms with van der Waals surface area (Å²) in [6.45, 7) is 5.37. The van der Waals surface area contributed by atoms with Crippen molar-refractivity contribution in [1.82, 2.24) is 10.2 Å². The van der Waals surface area contributed by atoms with Crippen molar-refractivity contribution >= 4 is 0 Å². The summed E-state index contributed by atoms with van der Waals surface area (Å²) in [5.74, 6) is -0.818. The molecule has 0 bridgehead atoms. The molecule has 0 aromatic heterocycles. The molecule has 0 aliphatic heterocycles. The van der Waals surface area contributed by atoms with Gasteiger partial charge in [0, 0.05) is 30.8 Å². The van der Waals surface area contributed by atoms with Crippen LogP contribution >= 0.6 is 0 Å². The topological polar surface area (TPSA) is 35.5 Å². The number of halogens is 2. The molecule has 0 amide bonds. The molecule has 0 saturated heterocycles. The van der Waals surface area contributed by atoms with Crippen LogP contribution in [-0.2, 0) is 0 Å². The number of aliphatic hydroxyl groups is 1. The highest BCUT2D eigenvalue weighted by atomic mass is 19.1. The van der Waals surface area contributed by atoms with Gasteiger partial charge >= 0.3 is 0 Å². The number of nitrogens with one attached hydrogen (secondary N) is 1. The Hall–Kier alpha value is -1.04. The van der Waals surface area contributed by atoms with E-state index in [9.17, 15) is 13.9 Å². The Morgan fingerprint density at radius 2 is 1.90 bits per heavy atom. The van der Waals surface area contributed by atoms with E-state index in [1.807, 2.05) is 14.1 Å². The number of likely N-dealkylation sites (N-methyl/N-ethyl adjacent to an activating group) is 1. The fraction of sp³-hybridized carbons (Fsp3) is 0.625. The van der Waals surface area contributed by atoms with E-state index in [2.05, 4.69) is 24.1 Å². The zero-order chi connectivity index (χ0) is 16.0. The summed E-state index contributed by atoms with van der Waals surface area (Å²) >= 11 is 0. The van der Waals surface area contributed by atoms with E-state index in [-0.39, 0.29) is 18.2 Å². The minimum absolute atomic E-state index is 0.122. The van der Waals surface area contributed by atoms with Gasteiger partial charge in [0.1, 0.15) is 11.6 Å². The molecule has 0 saturated carbocycles. The Kier molecular flexibility index (Phi) is 7.22. The van der Waals surface area contributed by atoms with Crippen molar-refractivity contribution < 1.29 is 13.9 Å². The Labute approximate surface area is 126 Å². The number of hydrogen-bond donors (Lipinski definition) is 2. The fourth-order valence-corrected chi connectivity index (χ4v) is 2.39. The van der Waals surface area contributed by atoms with Crippen molar-refractivity contribution in [2.24, 2.45) is 5.92 Å². The molecule has 2 atom stereocenters. The second kappa shape index (κ2) is 8.41. The van der Waals surface area contributed by atoms with E-state index < -0.39 is 17.7 Å². The molecule has 1 aromatic rings. The van der Waals surface area contributed by atoms with Gasteiger partial charge in [-0.3, -0.25) is 0 Å². The lowest BCUT2D eigenvalue weighted by molar-refractivity contribution is 0.159. The lowest BCUT2D eigenvalue weighted by atomic mass is 10.0. The third-order valence-electron chi connectivity index (χ3n) is 3.26. The molecule has 0 radical (unpaired) electrons. The van der Waals surface area contributed by atoms with E-state index in [0.29, 0.717) is 5.92 Å². The average molecular weight is 300 g/mol. The maximum Gasteiger partial charge on any atom is 0.131 e. The molecule has 3 nitrogen and oxygen atoms in total. The molecular formula is C16H26F2N2O. The molecule has 5 heteroatoms. The number of nitrogens with zero attached hydrogens (tertiary/aromatic N) is 1. The van der Waals surface area contributed by atoms with Crippen LogP contribution in [0, 0.1) is 17.6 Å². The predicted molar refractivity (Wildman–Crippen MR) is 81.1 cm³/mol. The second-order valence-electron chi connectivity index (χ2n) is 6.18. The van der Waals surface area contributed by atoms with Crippen LogP contribution in [0.15, 0.2) is 18.2 Å². The first kappa shape index (κ1) is 18.0. The minimum atomic E-state index is -0.984. The van der Waals surface area contributed by atoms with Crippen LogP contribution in [0.25, 0.3) is 0 Å². The average Bonchev–Trinajstić information content (AvgIpc) is 2.34. The number of benzene rings is 1. The van der Waals surface area contributed by atoms with Gasteiger partial charge in [0.25, 0.3) is 0 Å². The van der Waals surface area contributed by atoms with Crippen LogP contribution in [0.4, 0.5) is 8.78 Å². The highest BCUT2D eigenvalue weighted by Gasteiger charge is 2.17. The molecule has 2 unspecified atom stereocenters. The van der Waals surface area contributed by atoms with Crippen molar-refractivity contribution in [2.45, 2.75) is 32.4 Å². The maximum atomic E-state index is 13.6. The highest BCUT2D eigenvalue weighted by molar-refractivity contribution is 5.21. The van der Waals surface area contributed by atoms with Crippen LogP contribution < -0.4 is 5.32 Å². The molecule has 0 fully saturated rings. The maximum absolute atomic E-state index is 13.6. The van der Waals surface area contributed by atoms with Gasteiger partial charge in [-0.05, 0) is 32.5 Å². The molecule has 1 rings (SSSR count). The first-order valence-electron chi connectivity index (χ1n) is 7.30. The van der Waals surface area contributed by atoms with Crippen LogP contribution in [0.1, 0.15) is 31.9 Å². The van der Waals surface area contributed by atoms with Gasteiger partial charge in [-0.15, -0.1) is 0 Å². The minimum Gasteiger partial charge on any atom is -0.387 e. The summed E-state index contributed by atoms with van der Waals surface area (Å²) in [6.07, 6.45) is -0.0148. The normalized spacial score (nSPS) is 14.7. The number of hydrogen-bond acceptors (Lipinski definition) is 3. The smallest absolute Gasteiger partial charge is 0.131 e. The van der Waals surface area contributed by atoms with Crippen molar-refractivity contribution in [2.75, 3.05) is 27.2 Å². The highest BCUT2D eigenvalue weighted by Crippen LogP contribution is 2.18. The van der Waals surface area contributed by atoms with Crippen LogP contribution in [0.2, 0.25) is 0 Å². The number of aliphatic hydroxyl groups excluding tert-OH is 1. The summed E-state index contributed by atoms with van der Waals surface area (Å²) in [5, 5.41) is 13.3. The van der Waals surface area contributed by atoms with Gasteiger partial charge in [0.05, 0.1) is 6.10 Å². The lowest BCUT2D eigenvalue weighted by Crippen LogP contribution is -2.41. The molecular weight excluding hydrogens is 274 g/mol. The van der Waals surface area contributed by atoms with Gasteiger partial charge < -0.3 is 15.3 Å². The fourth-order valence-electron chi connectivity index (χ4n) is 2.39. The second-order valence-corrected chi connectivity index (χ2v) is 6.18. The van der Waals surface area contributed by atoms with Crippen molar-refractivity contribution in [1.29, 1.82) is 0 Å². The van der Waals surface area contributed by atoms with Gasteiger partial charge in [-0.2, -0.15) is 0 Å². The number of rotatable bonds is 8. The van der Waals surface area contributed by atoms with E-state index in [1.165, 1.54) is 6.07 Å². The molecule has 0 spiro atoms. The standard InChI is InChI=1S/C16H26F2N2O/c1-11(2)7-13(10-20(3)4)19-9-16(21)14-6-5-12(17)8-15(14)18/h5-6,8,11,13,16,19,21H,7,9-10H2,1-4H3. The first-order valence-corrected chi connectivity index (χ1v) is 7.30. The van der Waals surface area contributed by atoms with Crippen molar-refractivity contribution in [3.05, 3.63) is 35.4 Å². The Morgan fingerprint density at radius 3 is 2.43 bits per heavy atom. The van der Waals surface area contributed by atoms with Crippen molar-refractivity contribution in [3.63, 3.8) is 0 Å². The van der Waals surface area contributed by atoms with Gasteiger partial charge in [0.15, 0.2) is 0 Å². The van der Waals surface area contributed by atoms with Crippen molar-refractivity contribution in [3.8, 4) is 0 Å². The molecule has 120 valence electrons. The summed E-state index contributed by atoms with van der Waals surface area (Å²) < 4.78 is 26.5. The Bertz CT molecular complexity index is 428. The van der Waals surface area contributed by atoms with Gasteiger partial charge in [-0.25, -0.2) is 8.78 Å². The monoisotopic (exact) mass is 300 g/mol. The lowest BCUT2D eigenvalue weighted by Gasteiger charge is -2.25. The quantitative estimate of drug-likeness (QED) is 0.774. The SMILES string of the molecule is CC(C)CC(CN(C)C)NCC(O)c1ccc(F)cc1F.